The molecule has 1 saturated heterocycles. The number of nitrogens with zero attached hydrogens (tertiary/aromatic N) is 2. The van der Waals surface area contributed by atoms with Gasteiger partial charge >= 0.3 is 6.09 Å². The first kappa shape index (κ1) is 12.4. The van der Waals surface area contributed by atoms with Gasteiger partial charge in [-0.2, -0.15) is 0 Å². The maximum absolute atomic E-state index is 12.3. The number of hydrogen-bond donors (Lipinski definition) is 1. The lowest BCUT2D eigenvalue weighted by Gasteiger charge is -2.59. The van der Waals surface area contributed by atoms with Gasteiger partial charge in [0, 0.05) is 24.5 Å². The van der Waals surface area contributed by atoms with Crippen LogP contribution in [0.15, 0.2) is 24.3 Å². The molecule has 0 bridgehead atoms. The van der Waals surface area contributed by atoms with Crippen LogP contribution in [0, 0.1) is 5.41 Å². The fourth-order valence-corrected chi connectivity index (χ4v) is 3.82. The molecule has 1 aromatic carbocycles. The third-order valence-corrected chi connectivity index (χ3v) is 4.85. The highest BCUT2D eigenvalue weighted by Crippen LogP contribution is 2.51. The van der Waals surface area contributed by atoms with E-state index in [1.807, 2.05) is 0 Å². The molecule has 1 aliphatic carbocycles. The van der Waals surface area contributed by atoms with E-state index in [4.69, 9.17) is 5.11 Å². The van der Waals surface area contributed by atoms with Gasteiger partial charge in [-0.05, 0) is 25.0 Å². The number of carbonyl (C=O) groups excluding carboxylic acids is 2. The average Bonchev–Trinajstić information content (AvgIpc) is 2.61. The molecule has 3 aliphatic rings. The molecule has 21 heavy (non-hydrogen) atoms. The smallest absolute Gasteiger partial charge is 0.407 e. The second-order valence-corrected chi connectivity index (χ2v) is 6.23. The molecule has 1 spiro atoms. The van der Waals surface area contributed by atoms with Crippen LogP contribution in [0.4, 0.5) is 4.79 Å². The van der Waals surface area contributed by atoms with Crippen LogP contribution in [-0.2, 0) is 0 Å². The first-order valence-electron chi connectivity index (χ1n) is 6.96. The van der Waals surface area contributed by atoms with Crippen molar-refractivity contribution in [2.75, 3.05) is 13.1 Å². The molecule has 1 aromatic rings. The van der Waals surface area contributed by atoms with Crippen LogP contribution in [0.25, 0.3) is 0 Å². The summed E-state index contributed by atoms with van der Waals surface area (Å²) in [5, 5.41) is 8.87. The van der Waals surface area contributed by atoms with Gasteiger partial charge in [0.15, 0.2) is 0 Å². The Morgan fingerprint density at radius 3 is 2.10 bits per heavy atom. The number of carboxylic acid groups (broad SMARTS) is 1. The van der Waals surface area contributed by atoms with Gasteiger partial charge in [-0.15, -0.1) is 0 Å². The normalized spacial score (nSPS) is 23.0. The number of amides is 3. The van der Waals surface area contributed by atoms with E-state index in [1.165, 1.54) is 9.80 Å². The van der Waals surface area contributed by atoms with E-state index in [1.54, 1.807) is 24.3 Å². The predicted octanol–water partition coefficient (Wildman–Crippen LogP) is 1.43. The SMILES string of the molecule is O=C(O)N1CC2(CC(N3C(=O)c4ccccc4C3=O)C2)C1. The number of carbonyl (C=O) groups is 3. The van der Waals surface area contributed by atoms with Crippen molar-refractivity contribution in [2.24, 2.45) is 5.41 Å². The minimum Gasteiger partial charge on any atom is -0.465 e. The zero-order valence-corrected chi connectivity index (χ0v) is 11.3. The molecule has 0 radical (unpaired) electrons. The number of fused-ring (bicyclic) bond motifs is 1. The molecule has 0 aromatic heterocycles. The highest BCUT2D eigenvalue weighted by Gasteiger charge is 2.57. The van der Waals surface area contributed by atoms with E-state index < -0.39 is 6.09 Å². The standard InChI is InChI=1S/C15H14N2O4/c18-12-10-3-1-2-4-11(10)13(19)17(12)9-5-15(6-9)7-16(8-15)14(20)21/h1-4,9H,5-8H2,(H,20,21). The first-order chi connectivity index (χ1) is 10.0. The fourth-order valence-electron chi connectivity index (χ4n) is 3.82. The molecule has 1 saturated carbocycles. The Morgan fingerprint density at radius 2 is 1.62 bits per heavy atom. The average molecular weight is 286 g/mol. The van der Waals surface area contributed by atoms with Crippen molar-refractivity contribution in [2.45, 2.75) is 18.9 Å². The van der Waals surface area contributed by atoms with Gasteiger partial charge in [0.2, 0.25) is 0 Å². The maximum atomic E-state index is 12.3. The van der Waals surface area contributed by atoms with E-state index in [-0.39, 0.29) is 23.3 Å². The van der Waals surface area contributed by atoms with Gasteiger partial charge < -0.3 is 10.0 Å². The second-order valence-electron chi connectivity index (χ2n) is 6.23. The minimum atomic E-state index is -0.898. The van der Waals surface area contributed by atoms with Gasteiger partial charge in [-0.1, -0.05) is 12.1 Å². The lowest BCUT2D eigenvalue weighted by Crippen LogP contribution is -2.67. The van der Waals surface area contributed by atoms with Crippen LogP contribution in [0.1, 0.15) is 33.6 Å². The largest absolute Gasteiger partial charge is 0.465 e. The molecule has 108 valence electrons. The highest BCUT2D eigenvalue weighted by molar-refractivity contribution is 6.21. The summed E-state index contributed by atoms with van der Waals surface area (Å²) in [6.45, 7) is 1.03. The van der Waals surface area contributed by atoms with Crippen LogP contribution in [0.3, 0.4) is 0 Å². The van der Waals surface area contributed by atoms with E-state index in [9.17, 15) is 14.4 Å². The first-order valence-corrected chi connectivity index (χ1v) is 6.96. The second kappa shape index (κ2) is 3.84. The Kier molecular flexibility index (Phi) is 2.26. The summed E-state index contributed by atoms with van der Waals surface area (Å²) in [6, 6.07) is 6.78. The Bertz CT molecular complexity index is 635. The highest BCUT2D eigenvalue weighted by atomic mass is 16.4. The molecule has 3 amide bonds. The molecular formula is C15H14N2O4. The Morgan fingerprint density at radius 1 is 1.10 bits per heavy atom. The third-order valence-electron chi connectivity index (χ3n) is 4.85. The van der Waals surface area contributed by atoms with Crippen LogP contribution in [0.2, 0.25) is 0 Å². The molecule has 6 heteroatoms. The number of hydrogen-bond acceptors (Lipinski definition) is 3. The predicted molar refractivity (Wildman–Crippen MR) is 72.0 cm³/mol. The topological polar surface area (TPSA) is 77.9 Å². The monoisotopic (exact) mass is 286 g/mol. The third kappa shape index (κ3) is 1.55. The van der Waals surface area contributed by atoms with Crippen molar-refractivity contribution in [3.63, 3.8) is 0 Å². The van der Waals surface area contributed by atoms with Crippen LogP contribution in [-0.4, -0.2) is 51.9 Å². The minimum absolute atomic E-state index is 0.0155. The molecule has 2 heterocycles. The van der Waals surface area contributed by atoms with E-state index >= 15 is 0 Å². The molecule has 2 aliphatic heterocycles. The lowest BCUT2D eigenvalue weighted by molar-refractivity contribution is -0.0819. The van der Waals surface area contributed by atoms with Crippen molar-refractivity contribution >= 4 is 17.9 Å². The summed E-state index contributed by atoms with van der Waals surface area (Å²) in [7, 11) is 0. The zero-order valence-electron chi connectivity index (χ0n) is 11.3. The number of likely N-dealkylation sites (tertiary alicyclic amines) is 1. The van der Waals surface area contributed by atoms with Crippen LogP contribution >= 0.6 is 0 Å². The summed E-state index contributed by atoms with van der Waals surface area (Å²) in [5.41, 5.74) is 0.937. The number of benzene rings is 1. The van der Waals surface area contributed by atoms with E-state index in [0.29, 0.717) is 37.1 Å². The van der Waals surface area contributed by atoms with Crippen LogP contribution < -0.4 is 0 Å². The van der Waals surface area contributed by atoms with Crippen molar-refractivity contribution in [3.8, 4) is 0 Å². The quantitative estimate of drug-likeness (QED) is 0.792. The van der Waals surface area contributed by atoms with Gasteiger partial charge in [0.25, 0.3) is 11.8 Å². The maximum Gasteiger partial charge on any atom is 0.407 e. The molecule has 0 atom stereocenters. The Hall–Kier alpha value is -2.37. The molecule has 6 nitrogen and oxygen atoms in total. The van der Waals surface area contributed by atoms with Crippen LogP contribution in [0.5, 0.6) is 0 Å². The number of rotatable bonds is 1. The summed E-state index contributed by atoms with van der Waals surface area (Å²) in [4.78, 5) is 38.2. The number of imide groups is 1. The van der Waals surface area contributed by atoms with E-state index in [2.05, 4.69) is 0 Å². The van der Waals surface area contributed by atoms with Gasteiger partial charge in [-0.25, -0.2) is 4.79 Å². The van der Waals surface area contributed by atoms with Gasteiger partial charge in [0.05, 0.1) is 11.1 Å². The summed E-state index contributed by atoms with van der Waals surface area (Å²) < 4.78 is 0. The summed E-state index contributed by atoms with van der Waals surface area (Å²) in [5.74, 6) is -0.435. The molecule has 2 fully saturated rings. The molecule has 0 unspecified atom stereocenters. The summed E-state index contributed by atoms with van der Waals surface area (Å²) in [6.07, 6.45) is 0.523. The molecular weight excluding hydrogens is 272 g/mol. The van der Waals surface area contributed by atoms with Crippen molar-refractivity contribution in [3.05, 3.63) is 35.4 Å². The van der Waals surface area contributed by atoms with E-state index in [0.717, 1.165) is 0 Å². The molecule has 1 N–H and O–H groups in total. The lowest BCUT2D eigenvalue weighted by atomic mass is 9.60. The van der Waals surface area contributed by atoms with Crippen molar-refractivity contribution in [1.82, 2.24) is 9.80 Å². The fraction of sp³-hybridized carbons (Fsp3) is 0.400. The van der Waals surface area contributed by atoms with Gasteiger partial charge in [0.1, 0.15) is 0 Å². The molecule has 4 rings (SSSR count). The zero-order chi connectivity index (χ0) is 14.8. The Labute approximate surface area is 120 Å². The van der Waals surface area contributed by atoms with Crippen molar-refractivity contribution < 1.29 is 19.5 Å². The van der Waals surface area contributed by atoms with Crippen molar-refractivity contribution in [1.29, 1.82) is 0 Å². The van der Waals surface area contributed by atoms with Gasteiger partial charge in [-0.3, -0.25) is 14.5 Å². The summed E-state index contributed by atoms with van der Waals surface area (Å²) >= 11 is 0. The Balaban J connectivity index is 1.48.